The zero-order valence-corrected chi connectivity index (χ0v) is 15.9. The molecule has 8 atom stereocenters. The quantitative estimate of drug-likeness (QED) is 0.560. The lowest BCUT2D eigenvalue weighted by Gasteiger charge is -2.56. The Kier molecular flexibility index (Phi) is 4.49. The highest BCUT2D eigenvalue weighted by Crippen LogP contribution is 2.64. The van der Waals surface area contributed by atoms with Gasteiger partial charge in [0, 0.05) is 17.2 Å². The summed E-state index contributed by atoms with van der Waals surface area (Å²) in [6.45, 7) is 4.28. The van der Waals surface area contributed by atoms with Crippen molar-refractivity contribution < 1.29 is 4.79 Å². The molecule has 0 spiro atoms. The summed E-state index contributed by atoms with van der Waals surface area (Å²) in [5, 5.41) is 2.63. The number of fused-ring (bicyclic) bond motifs is 5. The first-order chi connectivity index (χ1) is 11.5. The van der Waals surface area contributed by atoms with Gasteiger partial charge in [-0.1, -0.05) is 12.8 Å². The summed E-state index contributed by atoms with van der Waals surface area (Å²) in [7, 11) is 0. The molecule has 0 bridgehead atoms. The Morgan fingerprint density at radius 1 is 1.00 bits per heavy atom. The number of hydrogen-bond donors (Lipinski definition) is 0. The molecule has 132 valence electrons. The first-order valence-electron chi connectivity index (χ1n) is 10.2. The average molecular weight is 347 g/mol. The van der Waals surface area contributed by atoms with Gasteiger partial charge >= 0.3 is 0 Å². The highest BCUT2D eigenvalue weighted by molar-refractivity contribution is 6.30. The van der Waals surface area contributed by atoms with Gasteiger partial charge in [-0.2, -0.15) is 0 Å². The Morgan fingerprint density at radius 2 is 1.79 bits per heavy atom. The number of hydrogen-bond acceptors (Lipinski definition) is 1. The van der Waals surface area contributed by atoms with Crippen molar-refractivity contribution in [2.45, 2.75) is 71.6 Å². The summed E-state index contributed by atoms with van der Waals surface area (Å²) in [5.41, 5.74) is 0.307. The molecule has 0 aromatic heterocycles. The van der Waals surface area contributed by atoms with Gasteiger partial charge in [-0.3, -0.25) is 4.79 Å². The number of rotatable bonds is 1. The van der Waals surface area contributed by atoms with Crippen molar-refractivity contribution in [2.75, 3.05) is 0 Å². The highest BCUT2D eigenvalue weighted by Gasteiger charge is 2.57. The minimum absolute atomic E-state index is 0.307. The number of halogens is 1. The van der Waals surface area contributed by atoms with Gasteiger partial charge in [-0.05, 0) is 111 Å². The van der Waals surface area contributed by atoms with Gasteiger partial charge in [0.05, 0.1) is 0 Å². The summed E-state index contributed by atoms with van der Waals surface area (Å²) in [4.78, 5) is 12.2. The maximum Gasteiger partial charge on any atom is 0.133 e. The lowest BCUT2D eigenvalue weighted by atomic mass is 9.49. The number of Topliss-reactive ketones (excluding diaryl/α,β-unsaturated/α-hetero) is 1. The van der Waals surface area contributed by atoms with E-state index in [1.54, 1.807) is 0 Å². The van der Waals surface area contributed by atoms with E-state index in [2.05, 4.69) is 18.2 Å². The molecule has 4 unspecified atom stereocenters. The van der Waals surface area contributed by atoms with Gasteiger partial charge in [0.2, 0.25) is 0 Å². The average Bonchev–Trinajstić information content (AvgIpc) is 2.92. The Morgan fingerprint density at radius 3 is 2.54 bits per heavy atom. The Hall–Kier alpha value is -0.480. The first-order valence-corrected chi connectivity index (χ1v) is 10.5. The van der Waals surface area contributed by atoms with Crippen LogP contribution >= 0.6 is 11.6 Å². The number of ketones is 1. The fourth-order valence-corrected chi connectivity index (χ4v) is 7.88. The van der Waals surface area contributed by atoms with Crippen LogP contribution in [0.1, 0.15) is 71.6 Å². The molecule has 0 heterocycles. The van der Waals surface area contributed by atoms with Gasteiger partial charge < -0.3 is 0 Å². The normalized spacial score (nSPS) is 50.0. The van der Waals surface area contributed by atoms with Crippen LogP contribution in [-0.4, -0.2) is 5.78 Å². The largest absolute Gasteiger partial charge is 0.300 e. The van der Waals surface area contributed by atoms with E-state index in [1.165, 1.54) is 51.4 Å². The molecule has 4 aliphatic rings. The van der Waals surface area contributed by atoms with Gasteiger partial charge in [-0.15, -0.1) is 0 Å². The summed E-state index contributed by atoms with van der Waals surface area (Å²) in [5.74, 6) is 9.02. The molecule has 0 radical (unpaired) electrons. The Bertz CT molecular complexity index is 572. The van der Waals surface area contributed by atoms with Crippen molar-refractivity contribution in [1.82, 2.24) is 0 Å². The van der Waals surface area contributed by atoms with Crippen molar-refractivity contribution in [2.24, 2.45) is 46.8 Å². The van der Waals surface area contributed by atoms with Gasteiger partial charge in [0.15, 0.2) is 0 Å². The van der Waals surface area contributed by atoms with E-state index in [9.17, 15) is 4.79 Å². The zero-order valence-electron chi connectivity index (χ0n) is 15.2. The second kappa shape index (κ2) is 6.35. The van der Waals surface area contributed by atoms with Crippen molar-refractivity contribution in [3.8, 4) is 11.3 Å². The van der Waals surface area contributed by atoms with E-state index in [4.69, 9.17) is 11.6 Å². The molecule has 0 amide bonds. The first kappa shape index (κ1) is 17.0. The third kappa shape index (κ3) is 2.56. The topological polar surface area (TPSA) is 17.1 Å². The molecule has 0 aromatic carbocycles. The van der Waals surface area contributed by atoms with Crippen LogP contribution in [0.3, 0.4) is 0 Å². The molecule has 0 N–H and O–H groups in total. The van der Waals surface area contributed by atoms with E-state index >= 15 is 0 Å². The van der Waals surface area contributed by atoms with Crippen molar-refractivity contribution >= 4 is 17.4 Å². The van der Waals surface area contributed by atoms with Crippen LogP contribution in [0.2, 0.25) is 0 Å². The fourth-order valence-electron chi connectivity index (χ4n) is 7.73. The summed E-state index contributed by atoms with van der Waals surface area (Å²) in [6.07, 6.45) is 11.8. The van der Waals surface area contributed by atoms with E-state index in [1.807, 2.05) is 6.92 Å². The maximum atomic E-state index is 12.2. The second-order valence-electron chi connectivity index (χ2n) is 9.47. The molecule has 1 nitrogen and oxygen atoms in total. The molecule has 0 aliphatic heterocycles. The van der Waals surface area contributed by atoms with Crippen molar-refractivity contribution in [3.63, 3.8) is 0 Å². The summed E-state index contributed by atoms with van der Waals surface area (Å²) in [6, 6.07) is 0. The fraction of sp³-hybridized carbons (Fsp3) is 0.864. The zero-order chi connectivity index (χ0) is 16.9. The van der Waals surface area contributed by atoms with E-state index < -0.39 is 0 Å². The molecular formula is C22H31ClO. The molecule has 2 heteroatoms. The van der Waals surface area contributed by atoms with Crippen LogP contribution < -0.4 is 0 Å². The molecular weight excluding hydrogens is 316 g/mol. The third-order valence-corrected chi connectivity index (χ3v) is 8.81. The second-order valence-corrected chi connectivity index (χ2v) is 9.66. The van der Waals surface area contributed by atoms with Gasteiger partial charge in [-0.25, -0.2) is 0 Å². The third-order valence-electron chi connectivity index (χ3n) is 8.70. The smallest absolute Gasteiger partial charge is 0.133 e. The van der Waals surface area contributed by atoms with Crippen molar-refractivity contribution in [3.05, 3.63) is 0 Å². The minimum Gasteiger partial charge on any atom is -0.300 e. The van der Waals surface area contributed by atoms with Crippen molar-refractivity contribution in [1.29, 1.82) is 0 Å². The predicted octanol–water partition coefficient (Wildman–Crippen LogP) is 5.66. The van der Waals surface area contributed by atoms with Crippen LogP contribution in [0, 0.1) is 58.1 Å². The maximum absolute atomic E-state index is 12.2. The standard InChI is InChI=1S/C22H31ClO/c1-14(24)20-7-8-21-19-6-4-16-13-15(10-12-23)3-5-17(16)18(19)9-11-22(20,21)2/h15-21H,3-9,11,13H2,1-2H3/t15-,16?,17+,18?,19?,20-,21?,22-/m1/s1. The van der Waals surface area contributed by atoms with Crippen LogP contribution in [-0.2, 0) is 4.79 Å². The lowest BCUT2D eigenvalue weighted by molar-refractivity contribution is -0.128. The van der Waals surface area contributed by atoms with E-state index in [-0.39, 0.29) is 0 Å². The van der Waals surface area contributed by atoms with Crippen LogP contribution in [0.25, 0.3) is 0 Å². The Balaban J connectivity index is 1.52. The molecule has 0 aromatic rings. The lowest BCUT2D eigenvalue weighted by Crippen LogP contribution is -2.49. The Labute approximate surface area is 152 Å². The molecule has 4 saturated carbocycles. The molecule has 0 saturated heterocycles. The minimum atomic E-state index is 0.307. The number of carbonyl (C=O) groups is 1. The molecule has 4 aliphatic carbocycles. The van der Waals surface area contributed by atoms with E-state index in [0.29, 0.717) is 23.0 Å². The van der Waals surface area contributed by atoms with Gasteiger partial charge in [0.25, 0.3) is 0 Å². The highest BCUT2D eigenvalue weighted by atomic mass is 35.5. The van der Waals surface area contributed by atoms with E-state index in [0.717, 1.165) is 36.0 Å². The predicted molar refractivity (Wildman–Crippen MR) is 98.4 cm³/mol. The monoisotopic (exact) mass is 346 g/mol. The van der Waals surface area contributed by atoms with Crippen LogP contribution in [0.5, 0.6) is 0 Å². The number of carbonyl (C=O) groups excluding carboxylic acids is 1. The SMILES string of the molecule is CC(=O)[C@H]1CCC2C3CCC4C[C@@H](C#CCl)CC[C@@H]4C3CC[C@@]21C. The molecule has 4 rings (SSSR count). The van der Waals surface area contributed by atoms with Crippen LogP contribution in [0.15, 0.2) is 0 Å². The van der Waals surface area contributed by atoms with Crippen LogP contribution in [0.4, 0.5) is 0 Å². The molecule has 24 heavy (non-hydrogen) atoms. The summed E-state index contributed by atoms with van der Waals surface area (Å²) >= 11 is 5.65. The van der Waals surface area contributed by atoms with Gasteiger partial charge in [0.1, 0.15) is 5.78 Å². The summed E-state index contributed by atoms with van der Waals surface area (Å²) < 4.78 is 0. The molecule has 4 fully saturated rings.